The molecule has 2 aromatic rings. The Morgan fingerprint density at radius 3 is 2.39 bits per heavy atom. The van der Waals surface area contributed by atoms with Crippen molar-refractivity contribution in [1.82, 2.24) is 5.32 Å². The zero-order valence-electron chi connectivity index (χ0n) is 12.4. The maximum absolute atomic E-state index is 12.0. The fourth-order valence-corrected chi connectivity index (χ4v) is 2.91. The van der Waals surface area contributed by atoms with E-state index in [2.05, 4.69) is 5.32 Å². The maximum atomic E-state index is 12.0. The number of nitrogens with one attached hydrogen (secondary N) is 1. The number of carboxylic acid groups (broad SMARTS) is 1. The van der Waals surface area contributed by atoms with Gasteiger partial charge in [-0.1, -0.05) is 54.6 Å². The minimum atomic E-state index is -0.876. The Morgan fingerprint density at radius 1 is 1.04 bits per heavy atom. The molecule has 0 aliphatic heterocycles. The molecule has 0 aromatic heterocycles. The van der Waals surface area contributed by atoms with Gasteiger partial charge in [0.2, 0.25) is 0 Å². The summed E-state index contributed by atoms with van der Waals surface area (Å²) >= 11 is 0. The third-order valence-corrected chi connectivity index (χ3v) is 4.02. The van der Waals surface area contributed by atoms with E-state index in [1.807, 2.05) is 48.5 Å². The second-order valence-corrected chi connectivity index (χ2v) is 5.51. The molecule has 5 nitrogen and oxygen atoms in total. The summed E-state index contributed by atoms with van der Waals surface area (Å²) in [7, 11) is 0. The Labute approximate surface area is 133 Å². The number of rotatable bonds is 4. The van der Waals surface area contributed by atoms with Crippen molar-refractivity contribution in [2.75, 3.05) is 0 Å². The molecular formula is C18H17NO4. The molecule has 0 radical (unpaired) electrons. The molecule has 0 saturated heterocycles. The minimum Gasteiger partial charge on any atom is -0.481 e. The molecule has 1 aliphatic rings. The summed E-state index contributed by atoms with van der Waals surface area (Å²) < 4.78 is 5.20. The number of fused-ring (bicyclic) bond motifs is 1. The number of amides is 1. The van der Waals surface area contributed by atoms with Gasteiger partial charge in [-0.2, -0.15) is 0 Å². The standard InChI is InChI=1S/C18H17NO4/c20-17(21)15-10-16(14-9-5-4-8-13(14)15)19-18(22)23-11-12-6-2-1-3-7-12/h1-9,15-16H,10-11H2,(H,19,22)(H,20,21)/t15-,16+/m1/s1. The van der Waals surface area contributed by atoms with Crippen molar-refractivity contribution < 1.29 is 19.4 Å². The smallest absolute Gasteiger partial charge is 0.407 e. The van der Waals surface area contributed by atoms with E-state index in [9.17, 15) is 14.7 Å². The zero-order valence-corrected chi connectivity index (χ0v) is 12.4. The van der Waals surface area contributed by atoms with Crippen LogP contribution in [0.2, 0.25) is 0 Å². The molecule has 0 spiro atoms. The van der Waals surface area contributed by atoms with Crippen molar-refractivity contribution in [1.29, 1.82) is 0 Å². The fraction of sp³-hybridized carbons (Fsp3) is 0.222. The van der Waals surface area contributed by atoms with Gasteiger partial charge in [0.05, 0.1) is 12.0 Å². The molecule has 0 fully saturated rings. The summed E-state index contributed by atoms with van der Waals surface area (Å²) in [5, 5.41) is 12.1. The number of ether oxygens (including phenoxy) is 1. The SMILES string of the molecule is O=C(N[C@H]1C[C@@H](C(=O)O)c2ccccc21)OCc1ccccc1. The predicted molar refractivity (Wildman–Crippen MR) is 83.9 cm³/mol. The monoisotopic (exact) mass is 311 g/mol. The number of aliphatic carboxylic acids is 1. The number of carboxylic acids is 1. The molecular weight excluding hydrogens is 294 g/mol. The van der Waals surface area contributed by atoms with Crippen LogP contribution in [0.1, 0.15) is 35.1 Å². The lowest BCUT2D eigenvalue weighted by Gasteiger charge is -2.14. The zero-order chi connectivity index (χ0) is 16.2. The summed E-state index contributed by atoms with van der Waals surface area (Å²) in [6.45, 7) is 0.184. The van der Waals surface area contributed by atoms with Crippen LogP contribution in [-0.4, -0.2) is 17.2 Å². The first-order chi connectivity index (χ1) is 11.1. The van der Waals surface area contributed by atoms with Crippen LogP contribution in [0.4, 0.5) is 4.79 Å². The van der Waals surface area contributed by atoms with Crippen LogP contribution in [0.15, 0.2) is 54.6 Å². The number of benzene rings is 2. The third kappa shape index (κ3) is 3.34. The van der Waals surface area contributed by atoms with Crippen molar-refractivity contribution in [3.8, 4) is 0 Å². The number of hydrogen-bond acceptors (Lipinski definition) is 3. The molecule has 3 rings (SSSR count). The molecule has 0 bridgehead atoms. The average Bonchev–Trinajstić information content (AvgIpc) is 2.93. The summed E-state index contributed by atoms with van der Waals surface area (Å²) in [5.41, 5.74) is 2.50. The highest BCUT2D eigenvalue weighted by molar-refractivity contribution is 5.79. The number of hydrogen-bond donors (Lipinski definition) is 2. The van der Waals surface area contributed by atoms with Crippen molar-refractivity contribution in [3.63, 3.8) is 0 Å². The normalized spacial score (nSPS) is 19.0. The van der Waals surface area contributed by atoms with Gasteiger partial charge in [-0.25, -0.2) is 4.79 Å². The second-order valence-electron chi connectivity index (χ2n) is 5.51. The summed E-state index contributed by atoms with van der Waals surface area (Å²) in [4.78, 5) is 23.3. The van der Waals surface area contributed by atoms with Gasteiger partial charge in [-0.15, -0.1) is 0 Å². The van der Waals surface area contributed by atoms with Gasteiger partial charge in [-0.3, -0.25) is 4.79 Å². The summed E-state index contributed by atoms with van der Waals surface area (Å²) in [6.07, 6.45) is -0.200. The van der Waals surface area contributed by atoms with Crippen LogP contribution in [0, 0.1) is 0 Å². The number of carbonyl (C=O) groups is 2. The first kappa shape index (κ1) is 15.1. The first-order valence-electron chi connectivity index (χ1n) is 7.44. The average molecular weight is 311 g/mol. The highest BCUT2D eigenvalue weighted by Gasteiger charge is 2.36. The third-order valence-electron chi connectivity index (χ3n) is 4.02. The van der Waals surface area contributed by atoms with E-state index in [0.717, 1.165) is 16.7 Å². The van der Waals surface area contributed by atoms with E-state index < -0.39 is 18.0 Å². The van der Waals surface area contributed by atoms with Gasteiger partial charge in [0.1, 0.15) is 6.61 Å². The highest BCUT2D eigenvalue weighted by atomic mass is 16.5. The van der Waals surface area contributed by atoms with Gasteiger partial charge in [0.15, 0.2) is 0 Å². The Balaban J connectivity index is 1.64. The predicted octanol–water partition coefficient (Wildman–Crippen LogP) is 3.23. The van der Waals surface area contributed by atoms with Crippen LogP contribution >= 0.6 is 0 Å². The first-order valence-corrected chi connectivity index (χ1v) is 7.44. The van der Waals surface area contributed by atoms with E-state index >= 15 is 0 Å². The molecule has 0 heterocycles. The van der Waals surface area contributed by atoms with E-state index in [-0.39, 0.29) is 12.6 Å². The van der Waals surface area contributed by atoms with E-state index in [1.165, 1.54) is 0 Å². The molecule has 0 unspecified atom stereocenters. The maximum Gasteiger partial charge on any atom is 0.407 e. The molecule has 5 heteroatoms. The lowest BCUT2D eigenvalue weighted by atomic mass is 10.0. The Kier molecular flexibility index (Phi) is 4.28. The number of carbonyl (C=O) groups excluding carboxylic acids is 1. The van der Waals surface area contributed by atoms with Crippen molar-refractivity contribution in [2.45, 2.75) is 25.0 Å². The van der Waals surface area contributed by atoms with Crippen molar-refractivity contribution in [2.24, 2.45) is 0 Å². The molecule has 2 atom stereocenters. The Bertz CT molecular complexity index is 714. The molecule has 23 heavy (non-hydrogen) atoms. The van der Waals surface area contributed by atoms with Gasteiger partial charge in [-0.05, 0) is 23.1 Å². The van der Waals surface area contributed by atoms with Gasteiger partial charge < -0.3 is 15.2 Å². The van der Waals surface area contributed by atoms with Crippen LogP contribution in [-0.2, 0) is 16.1 Å². The lowest BCUT2D eigenvalue weighted by Crippen LogP contribution is -2.28. The van der Waals surface area contributed by atoms with E-state index in [0.29, 0.717) is 6.42 Å². The summed E-state index contributed by atoms with van der Waals surface area (Å²) in [5.74, 6) is -1.47. The van der Waals surface area contributed by atoms with Gasteiger partial charge >= 0.3 is 12.1 Å². The van der Waals surface area contributed by atoms with E-state index in [1.54, 1.807) is 6.07 Å². The fourth-order valence-electron chi connectivity index (χ4n) is 2.91. The van der Waals surface area contributed by atoms with Gasteiger partial charge in [0.25, 0.3) is 0 Å². The van der Waals surface area contributed by atoms with Crippen molar-refractivity contribution >= 4 is 12.1 Å². The highest BCUT2D eigenvalue weighted by Crippen LogP contribution is 2.40. The molecule has 2 aromatic carbocycles. The summed E-state index contributed by atoms with van der Waals surface area (Å²) in [6, 6.07) is 16.4. The minimum absolute atomic E-state index is 0.184. The molecule has 2 N–H and O–H groups in total. The van der Waals surface area contributed by atoms with Crippen LogP contribution in [0.3, 0.4) is 0 Å². The van der Waals surface area contributed by atoms with E-state index in [4.69, 9.17) is 4.74 Å². The van der Waals surface area contributed by atoms with Crippen LogP contribution < -0.4 is 5.32 Å². The molecule has 1 aliphatic carbocycles. The largest absolute Gasteiger partial charge is 0.481 e. The van der Waals surface area contributed by atoms with Crippen molar-refractivity contribution in [3.05, 3.63) is 71.3 Å². The Morgan fingerprint density at radius 2 is 1.70 bits per heavy atom. The quantitative estimate of drug-likeness (QED) is 0.909. The Hall–Kier alpha value is -2.82. The molecule has 118 valence electrons. The lowest BCUT2D eigenvalue weighted by molar-refractivity contribution is -0.138. The molecule has 1 amide bonds. The second kappa shape index (κ2) is 6.52. The molecule has 0 saturated carbocycles. The van der Waals surface area contributed by atoms with Crippen LogP contribution in [0.25, 0.3) is 0 Å². The van der Waals surface area contributed by atoms with Gasteiger partial charge in [0, 0.05) is 0 Å². The number of alkyl carbamates (subject to hydrolysis) is 1. The topological polar surface area (TPSA) is 75.6 Å². The van der Waals surface area contributed by atoms with Crippen LogP contribution in [0.5, 0.6) is 0 Å².